The Morgan fingerprint density at radius 3 is 2.61 bits per heavy atom. The highest BCUT2D eigenvalue weighted by atomic mass is 16.5. The molecule has 4 aliphatic rings. The van der Waals surface area contributed by atoms with E-state index in [1.54, 1.807) is 0 Å². The third-order valence-electron chi connectivity index (χ3n) is 10.8. The Bertz CT molecular complexity index is 1600. The van der Waals surface area contributed by atoms with Gasteiger partial charge in [0.25, 0.3) is 0 Å². The van der Waals surface area contributed by atoms with Crippen molar-refractivity contribution >= 4 is 5.69 Å². The second kappa shape index (κ2) is 11.0. The summed E-state index contributed by atoms with van der Waals surface area (Å²) in [6, 6.07) is 8.49. The SMILES string of the molecule is CC(Oc1cc(OCC2(N(C)C)CC2)nc(-c2noc3c2CCCC32CCCc3ccc(N)c(C#N)c32)n1)C1CCCN1C. The molecule has 1 aromatic carbocycles. The minimum Gasteiger partial charge on any atom is -0.475 e. The zero-order valence-corrected chi connectivity index (χ0v) is 26.4. The van der Waals surface area contributed by atoms with E-state index in [9.17, 15) is 5.26 Å². The Hall–Kier alpha value is -3.68. The standard InChI is InChI=1S/C34H43N7O3/c1-21(26-10-7-17-41(26)4)43-28-18-27(42-20-33(15-16-33)40(2)3)37-32(38-28)30-23-9-6-14-34(31(23)44-39-30)13-5-8-22-11-12-25(36)24(19-35)29(22)34/h11-12,18,21,26H,5-10,13-17,20,36H2,1-4H3. The lowest BCUT2D eigenvalue weighted by molar-refractivity contribution is 0.115. The number of rotatable bonds is 8. The molecule has 3 aromatic rings. The molecule has 2 aromatic heterocycles. The number of nitrogens with two attached hydrogens (primary N) is 1. The number of anilines is 1. The van der Waals surface area contributed by atoms with Crippen LogP contribution in [0, 0.1) is 11.3 Å². The van der Waals surface area contributed by atoms with E-state index >= 15 is 0 Å². The highest BCUT2D eigenvalue weighted by molar-refractivity contribution is 5.67. The van der Waals surface area contributed by atoms with Gasteiger partial charge in [-0.3, -0.25) is 4.90 Å². The molecule has 0 amide bonds. The predicted octanol–water partition coefficient (Wildman–Crippen LogP) is 4.88. The molecule has 1 saturated heterocycles. The minimum absolute atomic E-state index is 0.0418. The van der Waals surface area contributed by atoms with Crippen LogP contribution in [0.1, 0.15) is 86.3 Å². The average Bonchev–Trinajstić information content (AvgIpc) is 3.48. The summed E-state index contributed by atoms with van der Waals surface area (Å²) in [6.45, 7) is 3.73. The summed E-state index contributed by atoms with van der Waals surface area (Å²) in [7, 11) is 6.35. The zero-order valence-electron chi connectivity index (χ0n) is 26.4. The van der Waals surface area contributed by atoms with Crippen LogP contribution in [0.5, 0.6) is 11.8 Å². The van der Waals surface area contributed by atoms with E-state index in [1.807, 2.05) is 12.1 Å². The first kappa shape index (κ1) is 29.1. The topological polar surface area (TPSA) is 127 Å². The predicted molar refractivity (Wildman–Crippen MR) is 167 cm³/mol. The maximum absolute atomic E-state index is 10.2. The van der Waals surface area contributed by atoms with Crippen molar-refractivity contribution in [1.29, 1.82) is 5.26 Å². The third-order valence-corrected chi connectivity index (χ3v) is 10.8. The number of nitrogen functional groups attached to an aromatic ring is 1. The molecule has 44 heavy (non-hydrogen) atoms. The van der Waals surface area contributed by atoms with Gasteiger partial charge in [-0.25, -0.2) is 0 Å². The molecule has 1 saturated carbocycles. The van der Waals surface area contributed by atoms with Crippen LogP contribution in [-0.4, -0.2) is 76.9 Å². The molecule has 1 spiro atoms. The lowest BCUT2D eigenvalue weighted by atomic mass is 9.61. The molecule has 10 heteroatoms. The number of nitrogens with zero attached hydrogens (tertiary/aromatic N) is 6. The largest absolute Gasteiger partial charge is 0.475 e. The van der Waals surface area contributed by atoms with Crippen molar-refractivity contribution in [3.63, 3.8) is 0 Å². The summed E-state index contributed by atoms with van der Waals surface area (Å²) in [5, 5.41) is 14.8. The lowest BCUT2D eigenvalue weighted by Gasteiger charge is -2.41. The monoisotopic (exact) mass is 597 g/mol. The third kappa shape index (κ3) is 4.81. The van der Waals surface area contributed by atoms with Crippen LogP contribution in [0.25, 0.3) is 11.5 Å². The first-order valence-electron chi connectivity index (χ1n) is 16.1. The van der Waals surface area contributed by atoms with Crippen molar-refractivity contribution in [3.8, 4) is 29.3 Å². The van der Waals surface area contributed by atoms with Crippen LogP contribution in [0.2, 0.25) is 0 Å². The second-order valence-electron chi connectivity index (χ2n) is 13.6. The van der Waals surface area contributed by atoms with Gasteiger partial charge in [0, 0.05) is 17.3 Å². The van der Waals surface area contributed by atoms with E-state index < -0.39 is 5.41 Å². The van der Waals surface area contributed by atoms with E-state index in [2.05, 4.69) is 55.2 Å². The number of hydrogen-bond donors (Lipinski definition) is 1. The molecule has 0 radical (unpaired) electrons. The molecule has 7 rings (SSSR count). The summed E-state index contributed by atoms with van der Waals surface area (Å²) in [4.78, 5) is 14.4. The molecule has 3 unspecified atom stereocenters. The van der Waals surface area contributed by atoms with Crippen molar-refractivity contribution in [1.82, 2.24) is 24.9 Å². The molecule has 3 aliphatic carbocycles. The Morgan fingerprint density at radius 2 is 1.91 bits per heavy atom. The second-order valence-corrected chi connectivity index (χ2v) is 13.6. The number of likely N-dealkylation sites (tertiary alicyclic amines) is 1. The Balaban J connectivity index is 1.28. The van der Waals surface area contributed by atoms with E-state index in [1.165, 1.54) is 12.0 Å². The molecule has 1 aliphatic heterocycles. The van der Waals surface area contributed by atoms with Crippen LogP contribution in [0.4, 0.5) is 5.69 Å². The number of benzene rings is 1. The van der Waals surface area contributed by atoms with Gasteiger partial charge in [0.2, 0.25) is 11.8 Å². The van der Waals surface area contributed by atoms with Gasteiger partial charge in [0.15, 0.2) is 17.3 Å². The highest BCUT2D eigenvalue weighted by Gasteiger charge is 2.48. The summed E-state index contributed by atoms with van der Waals surface area (Å²) in [5.74, 6) is 2.24. The van der Waals surface area contributed by atoms with E-state index in [0.717, 1.165) is 81.2 Å². The van der Waals surface area contributed by atoms with E-state index in [0.29, 0.717) is 47.2 Å². The fourth-order valence-corrected chi connectivity index (χ4v) is 8.01. The van der Waals surface area contributed by atoms with Gasteiger partial charge >= 0.3 is 0 Å². The number of aromatic nitrogens is 3. The maximum atomic E-state index is 10.2. The van der Waals surface area contributed by atoms with Crippen molar-refractivity contribution in [2.45, 2.75) is 94.2 Å². The number of aryl methyl sites for hydroxylation is 1. The first-order chi connectivity index (χ1) is 21.2. The Labute approximate surface area is 259 Å². The average molecular weight is 598 g/mol. The van der Waals surface area contributed by atoms with Gasteiger partial charge < -0.3 is 24.6 Å². The fraction of sp³-hybridized carbons (Fsp3) is 0.588. The summed E-state index contributed by atoms with van der Waals surface area (Å²) in [6.07, 6.45) is 9.86. The van der Waals surface area contributed by atoms with Crippen LogP contribution in [-0.2, 0) is 18.3 Å². The number of nitriles is 1. The molecule has 2 N–H and O–H groups in total. The van der Waals surface area contributed by atoms with E-state index in [4.69, 9.17) is 29.7 Å². The molecule has 3 atom stereocenters. The lowest BCUT2D eigenvalue weighted by Crippen LogP contribution is -2.38. The van der Waals surface area contributed by atoms with Crippen LogP contribution in [0.3, 0.4) is 0 Å². The van der Waals surface area contributed by atoms with Gasteiger partial charge in [0.1, 0.15) is 18.8 Å². The quantitative estimate of drug-likeness (QED) is 0.359. The first-order valence-corrected chi connectivity index (χ1v) is 16.1. The zero-order chi connectivity index (χ0) is 30.6. The molecule has 232 valence electrons. The van der Waals surface area contributed by atoms with Crippen LogP contribution >= 0.6 is 0 Å². The van der Waals surface area contributed by atoms with Crippen molar-refractivity contribution in [3.05, 3.63) is 46.2 Å². The van der Waals surface area contributed by atoms with Gasteiger partial charge in [0.05, 0.1) is 22.6 Å². The van der Waals surface area contributed by atoms with Gasteiger partial charge in [-0.2, -0.15) is 15.2 Å². The van der Waals surface area contributed by atoms with Crippen molar-refractivity contribution in [2.75, 3.05) is 40.0 Å². The number of hydrogen-bond acceptors (Lipinski definition) is 10. The smallest absolute Gasteiger partial charge is 0.221 e. The molecular formula is C34H43N7O3. The fourth-order valence-electron chi connectivity index (χ4n) is 8.01. The van der Waals surface area contributed by atoms with Crippen LogP contribution < -0.4 is 15.2 Å². The minimum atomic E-state index is -0.439. The molecule has 3 heterocycles. The normalized spacial score (nSPS) is 24.5. The molecule has 2 fully saturated rings. The van der Waals surface area contributed by atoms with Gasteiger partial charge in [-0.05, 0) is 116 Å². The number of likely N-dealkylation sites (N-methyl/N-ethyl adjacent to an activating group) is 2. The molecule has 10 nitrogen and oxygen atoms in total. The van der Waals surface area contributed by atoms with Gasteiger partial charge in [-0.15, -0.1) is 0 Å². The van der Waals surface area contributed by atoms with Crippen molar-refractivity contribution in [2.24, 2.45) is 0 Å². The Kier molecular flexibility index (Phi) is 7.29. The van der Waals surface area contributed by atoms with Crippen LogP contribution in [0.15, 0.2) is 22.7 Å². The summed E-state index contributed by atoms with van der Waals surface area (Å²) >= 11 is 0. The number of fused-ring (bicyclic) bond motifs is 4. The number of ether oxygens (including phenoxy) is 2. The van der Waals surface area contributed by atoms with E-state index in [-0.39, 0.29) is 11.6 Å². The van der Waals surface area contributed by atoms with Crippen molar-refractivity contribution < 1.29 is 14.0 Å². The Morgan fingerprint density at radius 1 is 1.14 bits per heavy atom. The molecular weight excluding hydrogens is 554 g/mol. The summed E-state index contributed by atoms with van der Waals surface area (Å²) < 4.78 is 19.1. The van der Waals surface area contributed by atoms with Gasteiger partial charge in [-0.1, -0.05) is 11.2 Å². The molecule has 0 bridgehead atoms. The summed E-state index contributed by atoms with van der Waals surface area (Å²) in [5.41, 5.74) is 10.9. The maximum Gasteiger partial charge on any atom is 0.221 e. The highest BCUT2D eigenvalue weighted by Crippen LogP contribution is 2.53.